The van der Waals surface area contributed by atoms with Crippen LogP contribution in [0.2, 0.25) is 0 Å². The molecule has 0 bridgehead atoms. The second-order valence-electron chi connectivity index (χ2n) is 4.85. The van der Waals surface area contributed by atoms with Crippen molar-refractivity contribution in [2.24, 2.45) is 0 Å². The van der Waals surface area contributed by atoms with E-state index in [4.69, 9.17) is 5.11 Å². The molecule has 0 radical (unpaired) electrons. The van der Waals surface area contributed by atoms with Crippen molar-refractivity contribution >= 4 is 37.3 Å². The van der Waals surface area contributed by atoms with E-state index in [2.05, 4.69) is 21.2 Å². The van der Waals surface area contributed by atoms with Gasteiger partial charge in [0.25, 0.3) is 0 Å². The average Bonchev–Trinajstić information content (AvgIpc) is 2.98. The summed E-state index contributed by atoms with van der Waals surface area (Å²) in [6.45, 7) is 3.10. The average molecular weight is 383 g/mol. The zero-order valence-corrected chi connectivity index (χ0v) is 14.5. The minimum Gasteiger partial charge on any atom is -0.395 e. The molecule has 0 saturated carbocycles. The predicted molar refractivity (Wildman–Crippen MR) is 83.6 cm³/mol. The lowest BCUT2D eigenvalue weighted by Gasteiger charge is -2.24. The lowest BCUT2D eigenvalue weighted by atomic mass is 10.2. The normalized spacial score (nSPS) is 19.9. The summed E-state index contributed by atoms with van der Waals surface area (Å²) in [4.78, 5) is 1.10. The molecule has 0 aliphatic carbocycles. The maximum Gasteiger partial charge on any atom is 0.244 e. The maximum absolute atomic E-state index is 12.7. The summed E-state index contributed by atoms with van der Waals surface area (Å²) in [5.74, 6) is 0. The quantitative estimate of drug-likeness (QED) is 0.782. The Balaban J connectivity index is 2.24. The number of aliphatic hydroxyl groups is 1. The Bertz CT molecular complexity index is 553. The first-order valence-electron chi connectivity index (χ1n) is 6.55. The van der Waals surface area contributed by atoms with E-state index in [-0.39, 0.29) is 19.2 Å². The summed E-state index contributed by atoms with van der Waals surface area (Å²) in [5, 5.41) is 12.5. The standard InChI is InChI=1S/C12H19BrN2O3S2/c1-9-11(7-12(13)19-9)20(17,18)15(5-6-16)8-10-3-2-4-14-10/h7,10,14,16H,2-6,8H2,1H3. The molecule has 1 atom stereocenters. The lowest BCUT2D eigenvalue weighted by Crippen LogP contribution is -2.42. The number of halogens is 1. The van der Waals surface area contributed by atoms with Crippen LogP contribution in [0, 0.1) is 6.92 Å². The van der Waals surface area contributed by atoms with Crippen LogP contribution in [-0.4, -0.2) is 50.1 Å². The van der Waals surface area contributed by atoms with E-state index in [1.807, 2.05) is 0 Å². The molecule has 1 saturated heterocycles. The lowest BCUT2D eigenvalue weighted by molar-refractivity contribution is 0.246. The van der Waals surface area contributed by atoms with Crippen molar-refractivity contribution in [1.29, 1.82) is 0 Å². The molecule has 8 heteroatoms. The summed E-state index contributed by atoms with van der Waals surface area (Å²) < 4.78 is 27.6. The van der Waals surface area contributed by atoms with Crippen molar-refractivity contribution in [2.45, 2.75) is 30.7 Å². The number of thiophene rings is 1. The molecule has 2 rings (SSSR count). The first-order chi connectivity index (χ1) is 9.45. The van der Waals surface area contributed by atoms with Crippen LogP contribution in [0.5, 0.6) is 0 Å². The topological polar surface area (TPSA) is 69.6 Å². The van der Waals surface area contributed by atoms with Crippen LogP contribution in [0.3, 0.4) is 0 Å². The fourth-order valence-electron chi connectivity index (χ4n) is 2.41. The van der Waals surface area contributed by atoms with Gasteiger partial charge >= 0.3 is 0 Å². The third kappa shape index (κ3) is 3.61. The Morgan fingerprint density at radius 1 is 1.60 bits per heavy atom. The van der Waals surface area contributed by atoms with Crippen LogP contribution in [-0.2, 0) is 10.0 Å². The molecule has 0 amide bonds. The zero-order valence-electron chi connectivity index (χ0n) is 11.3. The van der Waals surface area contributed by atoms with E-state index in [0.717, 1.165) is 28.0 Å². The first kappa shape index (κ1) is 16.4. The van der Waals surface area contributed by atoms with Gasteiger partial charge in [-0.3, -0.25) is 0 Å². The highest BCUT2D eigenvalue weighted by molar-refractivity contribution is 9.11. The van der Waals surface area contributed by atoms with E-state index in [1.165, 1.54) is 15.6 Å². The summed E-state index contributed by atoms with van der Waals surface area (Å²) in [7, 11) is -3.55. The molecular weight excluding hydrogens is 364 g/mol. The highest BCUT2D eigenvalue weighted by atomic mass is 79.9. The molecule has 20 heavy (non-hydrogen) atoms. The van der Waals surface area contributed by atoms with Crippen molar-refractivity contribution in [3.63, 3.8) is 0 Å². The molecule has 2 N–H and O–H groups in total. The van der Waals surface area contributed by atoms with Crippen LogP contribution in [0.1, 0.15) is 17.7 Å². The minimum absolute atomic E-state index is 0.132. The Morgan fingerprint density at radius 2 is 2.35 bits per heavy atom. The van der Waals surface area contributed by atoms with E-state index in [0.29, 0.717) is 11.4 Å². The van der Waals surface area contributed by atoms with Crippen molar-refractivity contribution in [3.8, 4) is 0 Å². The second kappa shape index (κ2) is 6.85. The Labute approximate surface area is 132 Å². The first-order valence-corrected chi connectivity index (χ1v) is 9.60. The van der Waals surface area contributed by atoms with Gasteiger partial charge in [0.1, 0.15) is 0 Å². The highest BCUT2D eigenvalue weighted by Gasteiger charge is 2.30. The SMILES string of the molecule is Cc1sc(Br)cc1S(=O)(=O)N(CCO)CC1CCCN1. The second-order valence-corrected chi connectivity index (χ2v) is 9.39. The largest absolute Gasteiger partial charge is 0.395 e. The molecule has 114 valence electrons. The molecular formula is C12H19BrN2O3S2. The monoisotopic (exact) mass is 382 g/mol. The number of aryl methyl sites for hydroxylation is 1. The molecule has 1 aliphatic rings. The van der Waals surface area contributed by atoms with Crippen LogP contribution in [0.15, 0.2) is 14.7 Å². The van der Waals surface area contributed by atoms with Gasteiger partial charge in [-0.25, -0.2) is 8.42 Å². The van der Waals surface area contributed by atoms with Gasteiger partial charge in [0.05, 0.1) is 15.3 Å². The molecule has 1 aromatic heterocycles. The van der Waals surface area contributed by atoms with Crippen LogP contribution < -0.4 is 5.32 Å². The number of nitrogens with zero attached hydrogens (tertiary/aromatic N) is 1. The summed E-state index contributed by atoms with van der Waals surface area (Å²) in [6, 6.07) is 1.82. The molecule has 1 aliphatic heterocycles. The van der Waals surface area contributed by atoms with Crippen molar-refractivity contribution < 1.29 is 13.5 Å². The number of nitrogens with one attached hydrogen (secondary N) is 1. The Kier molecular flexibility index (Phi) is 5.61. The molecule has 2 heterocycles. The maximum atomic E-state index is 12.7. The van der Waals surface area contributed by atoms with Crippen LogP contribution in [0.4, 0.5) is 0 Å². The van der Waals surface area contributed by atoms with Crippen LogP contribution in [0.25, 0.3) is 0 Å². The third-order valence-corrected chi connectivity index (χ3v) is 7.07. The summed E-state index contributed by atoms with van der Waals surface area (Å²) in [6.07, 6.45) is 2.05. The smallest absolute Gasteiger partial charge is 0.244 e. The minimum atomic E-state index is -3.55. The third-order valence-electron chi connectivity index (χ3n) is 3.40. The molecule has 1 unspecified atom stereocenters. The van der Waals surface area contributed by atoms with Crippen molar-refractivity contribution in [1.82, 2.24) is 9.62 Å². The number of hydrogen-bond acceptors (Lipinski definition) is 5. The molecule has 0 spiro atoms. The van der Waals surface area contributed by atoms with E-state index in [9.17, 15) is 8.42 Å². The fourth-order valence-corrected chi connectivity index (χ4v) is 6.26. The van der Waals surface area contributed by atoms with Gasteiger partial charge in [-0.2, -0.15) is 4.31 Å². The van der Waals surface area contributed by atoms with E-state index < -0.39 is 10.0 Å². The Hall–Kier alpha value is 0.01000. The van der Waals surface area contributed by atoms with Gasteiger partial charge in [-0.1, -0.05) is 0 Å². The van der Waals surface area contributed by atoms with E-state index in [1.54, 1.807) is 13.0 Å². The van der Waals surface area contributed by atoms with Gasteiger partial charge < -0.3 is 10.4 Å². The van der Waals surface area contributed by atoms with Gasteiger partial charge in [0.2, 0.25) is 10.0 Å². The highest BCUT2D eigenvalue weighted by Crippen LogP contribution is 2.31. The number of hydrogen-bond donors (Lipinski definition) is 2. The number of aliphatic hydroxyl groups excluding tert-OH is 1. The molecule has 5 nitrogen and oxygen atoms in total. The molecule has 1 aromatic rings. The Morgan fingerprint density at radius 3 is 2.85 bits per heavy atom. The molecule has 1 fully saturated rings. The van der Waals surface area contributed by atoms with E-state index >= 15 is 0 Å². The van der Waals surface area contributed by atoms with Gasteiger partial charge in [0, 0.05) is 24.0 Å². The van der Waals surface area contributed by atoms with Gasteiger partial charge in [-0.05, 0) is 48.3 Å². The van der Waals surface area contributed by atoms with Crippen molar-refractivity contribution in [2.75, 3.05) is 26.2 Å². The molecule has 0 aromatic carbocycles. The number of rotatable bonds is 6. The van der Waals surface area contributed by atoms with Gasteiger partial charge in [0.15, 0.2) is 0 Å². The summed E-state index contributed by atoms with van der Waals surface area (Å²) >= 11 is 4.73. The fraction of sp³-hybridized carbons (Fsp3) is 0.667. The van der Waals surface area contributed by atoms with Gasteiger partial charge in [-0.15, -0.1) is 11.3 Å². The van der Waals surface area contributed by atoms with Crippen LogP contribution >= 0.6 is 27.3 Å². The predicted octanol–water partition coefficient (Wildman–Crippen LogP) is 1.55. The summed E-state index contributed by atoms with van der Waals surface area (Å²) in [5.41, 5.74) is 0. The zero-order chi connectivity index (χ0) is 14.8. The number of sulfonamides is 1. The van der Waals surface area contributed by atoms with Crippen molar-refractivity contribution in [3.05, 3.63) is 14.7 Å².